The summed E-state index contributed by atoms with van der Waals surface area (Å²) in [6.07, 6.45) is 16.5. The van der Waals surface area contributed by atoms with E-state index in [1.54, 1.807) is 12.0 Å². The van der Waals surface area contributed by atoms with Gasteiger partial charge in [0.25, 0.3) is 0 Å². The minimum absolute atomic E-state index is 0.178. The van der Waals surface area contributed by atoms with E-state index in [1.165, 1.54) is 17.3 Å². The number of nitriles is 2. The Morgan fingerprint density at radius 3 is 2.68 bits per heavy atom. The molecule has 4 heterocycles. The summed E-state index contributed by atoms with van der Waals surface area (Å²) in [5.41, 5.74) is 5.86. The fourth-order valence-electron chi connectivity index (χ4n) is 7.93. The lowest BCUT2D eigenvalue weighted by Gasteiger charge is -2.44. The van der Waals surface area contributed by atoms with Crippen molar-refractivity contribution in [3.63, 3.8) is 0 Å². The van der Waals surface area contributed by atoms with Gasteiger partial charge in [0.05, 0.1) is 42.6 Å². The Hall–Kier alpha value is -4.38. The number of anilines is 1. The molecular weight excluding hydrogens is 590 g/mol. The third-order valence-electron chi connectivity index (χ3n) is 10.2. The Labute approximate surface area is 278 Å². The second-order valence-electron chi connectivity index (χ2n) is 13.2. The standard InChI is InChI=1S/C37H45N7O3/c1-5-34(45)44-19-18-43(22-28(44)12-15-38)36-30-14-17-42(33-11-7-10-27-9-6-8-25(2)35(27)33)24-32(30)40-37(31(36)20-39)47-26(3)21-41-16-13-29(23-41)46-4/h5-11,26-29,35H,1,12-14,16-19,21-24H2,2-4H3/t26-,27?,28+,29+,35?/m1/s1. The SMILES string of the molecule is C=CC(=O)N1CCN(c2c(C#N)c(O[C@H](C)CN3CC[C@H](OC)C3)nc3c2CCN(C2=CC=CC4C=CC=C(C)C24)C3)C[C@@H]1CC#N. The number of hydrogen-bond acceptors (Lipinski definition) is 9. The Balaban J connectivity index is 1.35. The molecular formula is C37H45N7O3. The highest BCUT2D eigenvalue weighted by molar-refractivity contribution is 5.87. The predicted octanol–water partition coefficient (Wildman–Crippen LogP) is 4.12. The molecule has 2 saturated heterocycles. The van der Waals surface area contributed by atoms with Crippen LogP contribution in [0, 0.1) is 34.5 Å². The van der Waals surface area contributed by atoms with Crippen LogP contribution in [0.2, 0.25) is 0 Å². The first kappa shape index (κ1) is 32.6. The van der Waals surface area contributed by atoms with Crippen LogP contribution in [0.15, 0.2) is 60.4 Å². The third kappa shape index (κ3) is 6.58. The van der Waals surface area contributed by atoms with Crippen molar-refractivity contribution in [2.45, 2.75) is 57.9 Å². The van der Waals surface area contributed by atoms with Gasteiger partial charge in [0.15, 0.2) is 0 Å². The van der Waals surface area contributed by atoms with Gasteiger partial charge < -0.3 is 24.2 Å². The van der Waals surface area contributed by atoms with E-state index in [0.29, 0.717) is 56.0 Å². The fourth-order valence-corrected chi connectivity index (χ4v) is 7.93. The number of piperazine rings is 1. The number of hydrogen-bond donors (Lipinski definition) is 0. The lowest BCUT2D eigenvalue weighted by Crippen LogP contribution is -2.55. The summed E-state index contributed by atoms with van der Waals surface area (Å²) in [5.74, 6) is 0.800. The molecule has 0 N–H and O–H groups in total. The molecule has 2 fully saturated rings. The van der Waals surface area contributed by atoms with E-state index in [2.05, 4.69) is 76.8 Å². The summed E-state index contributed by atoms with van der Waals surface area (Å²) in [4.78, 5) is 26.5. The van der Waals surface area contributed by atoms with Crippen LogP contribution in [0.25, 0.3) is 0 Å². The highest BCUT2D eigenvalue weighted by Crippen LogP contribution is 2.42. The number of aromatic nitrogens is 1. The van der Waals surface area contributed by atoms with Crippen LogP contribution in [0.3, 0.4) is 0 Å². The summed E-state index contributed by atoms with van der Waals surface area (Å²) in [6, 6.07) is 4.41. The van der Waals surface area contributed by atoms with E-state index in [1.807, 2.05) is 6.92 Å². The molecule has 5 atom stereocenters. The van der Waals surface area contributed by atoms with Crippen molar-refractivity contribution in [1.82, 2.24) is 19.7 Å². The van der Waals surface area contributed by atoms with Crippen molar-refractivity contribution < 1.29 is 14.3 Å². The van der Waals surface area contributed by atoms with Crippen LogP contribution < -0.4 is 9.64 Å². The average Bonchev–Trinajstić information content (AvgIpc) is 3.54. The third-order valence-corrected chi connectivity index (χ3v) is 10.2. The first-order valence-electron chi connectivity index (χ1n) is 16.8. The molecule has 246 valence electrons. The van der Waals surface area contributed by atoms with Gasteiger partial charge in [-0.1, -0.05) is 42.5 Å². The number of likely N-dealkylation sites (tertiary alicyclic amines) is 1. The molecule has 0 spiro atoms. The summed E-state index contributed by atoms with van der Waals surface area (Å²) in [6.45, 7) is 13.2. The Bertz CT molecular complexity index is 1600. The maximum absolute atomic E-state index is 12.7. The second kappa shape index (κ2) is 14.2. The molecule has 2 aliphatic carbocycles. The number of fused-ring (bicyclic) bond motifs is 2. The minimum Gasteiger partial charge on any atom is -0.472 e. The highest BCUT2D eigenvalue weighted by atomic mass is 16.5. The normalized spacial score (nSPS) is 26.0. The lowest BCUT2D eigenvalue weighted by atomic mass is 9.77. The van der Waals surface area contributed by atoms with E-state index in [0.717, 1.165) is 49.4 Å². The van der Waals surface area contributed by atoms with Crippen LogP contribution in [-0.4, -0.2) is 96.8 Å². The molecule has 10 heteroatoms. The number of methoxy groups -OCH3 is 1. The smallest absolute Gasteiger partial charge is 0.246 e. The van der Waals surface area contributed by atoms with Gasteiger partial charge in [-0.15, -0.1) is 0 Å². The van der Waals surface area contributed by atoms with Crippen LogP contribution in [0.4, 0.5) is 5.69 Å². The van der Waals surface area contributed by atoms with E-state index in [-0.39, 0.29) is 30.6 Å². The molecule has 10 nitrogen and oxygen atoms in total. The molecule has 3 aliphatic heterocycles. The van der Waals surface area contributed by atoms with Crippen LogP contribution in [-0.2, 0) is 22.5 Å². The van der Waals surface area contributed by atoms with Crippen molar-refractivity contribution in [2.24, 2.45) is 11.8 Å². The molecule has 0 saturated carbocycles. The average molecular weight is 636 g/mol. The zero-order valence-corrected chi connectivity index (χ0v) is 27.8. The van der Waals surface area contributed by atoms with Gasteiger partial charge in [-0.05, 0) is 38.8 Å². The molecule has 0 aromatic carbocycles. The van der Waals surface area contributed by atoms with Crippen molar-refractivity contribution in [3.8, 4) is 18.0 Å². The van der Waals surface area contributed by atoms with Crippen LogP contribution >= 0.6 is 0 Å². The van der Waals surface area contributed by atoms with Crippen molar-refractivity contribution in [3.05, 3.63) is 77.2 Å². The van der Waals surface area contributed by atoms with Gasteiger partial charge >= 0.3 is 0 Å². The fraction of sp³-hybridized carbons (Fsp3) is 0.514. The molecule has 0 bridgehead atoms. The molecule has 0 radical (unpaired) electrons. The Morgan fingerprint density at radius 2 is 1.96 bits per heavy atom. The molecule has 1 aromatic heterocycles. The van der Waals surface area contributed by atoms with Crippen LogP contribution in [0.5, 0.6) is 5.88 Å². The topological polar surface area (TPSA) is 109 Å². The minimum atomic E-state index is -0.313. The molecule has 1 aromatic rings. The first-order chi connectivity index (χ1) is 22.8. The van der Waals surface area contributed by atoms with Gasteiger partial charge in [-0.25, -0.2) is 4.98 Å². The molecule has 2 unspecified atom stereocenters. The quantitative estimate of drug-likeness (QED) is 0.370. The van der Waals surface area contributed by atoms with E-state index < -0.39 is 0 Å². The zero-order chi connectivity index (χ0) is 33.1. The second-order valence-corrected chi connectivity index (χ2v) is 13.2. The number of amides is 1. The summed E-state index contributed by atoms with van der Waals surface area (Å²) in [5, 5.41) is 20.3. The van der Waals surface area contributed by atoms with E-state index in [9.17, 15) is 15.3 Å². The van der Waals surface area contributed by atoms with Gasteiger partial charge in [-0.2, -0.15) is 10.5 Å². The summed E-state index contributed by atoms with van der Waals surface area (Å²) < 4.78 is 12.1. The van der Waals surface area contributed by atoms with E-state index >= 15 is 0 Å². The number of carbonyl (C=O) groups excluding carboxylic acids is 1. The number of ether oxygens (including phenoxy) is 2. The molecule has 5 aliphatic rings. The van der Waals surface area contributed by atoms with Crippen LogP contribution in [0.1, 0.15) is 43.5 Å². The number of carbonyl (C=O) groups is 1. The van der Waals surface area contributed by atoms with Gasteiger partial charge in [0, 0.05) is 76.0 Å². The van der Waals surface area contributed by atoms with Crippen molar-refractivity contribution >= 4 is 11.6 Å². The summed E-state index contributed by atoms with van der Waals surface area (Å²) in [7, 11) is 1.76. The highest BCUT2D eigenvalue weighted by Gasteiger charge is 2.37. The summed E-state index contributed by atoms with van der Waals surface area (Å²) >= 11 is 0. The number of rotatable bonds is 9. The maximum atomic E-state index is 12.7. The first-order valence-corrected chi connectivity index (χ1v) is 16.8. The van der Waals surface area contributed by atoms with Gasteiger partial charge in [-0.3, -0.25) is 9.69 Å². The van der Waals surface area contributed by atoms with E-state index in [4.69, 9.17) is 14.5 Å². The number of pyridine rings is 1. The number of allylic oxidation sites excluding steroid dienone is 7. The van der Waals surface area contributed by atoms with Crippen molar-refractivity contribution in [2.75, 3.05) is 57.8 Å². The monoisotopic (exact) mass is 635 g/mol. The maximum Gasteiger partial charge on any atom is 0.246 e. The van der Waals surface area contributed by atoms with Gasteiger partial charge in [0.1, 0.15) is 17.7 Å². The lowest BCUT2D eigenvalue weighted by molar-refractivity contribution is -0.128. The zero-order valence-electron chi connectivity index (χ0n) is 27.8. The van der Waals surface area contributed by atoms with Gasteiger partial charge in [0.2, 0.25) is 11.8 Å². The molecule has 1 amide bonds. The largest absolute Gasteiger partial charge is 0.472 e. The van der Waals surface area contributed by atoms with Crippen molar-refractivity contribution in [1.29, 1.82) is 10.5 Å². The number of nitrogens with zero attached hydrogens (tertiary/aromatic N) is 7. The predicted molar refractivity (Wildman–Crippen MR) is 180 cm³/mol. The Kier molecular flexibility index (Phi) is 9.81. The molecule has 47 heavy (non-hydrogen) atoms. The molecule has 6 rings (SSSR count). The Morgan fingerprint density at radius 1 is 1.15 bits per heavy atom.